The first-order chi connectivity index (χ1) is 13.2. The third-order valence-corrected chi connectivity index (χ3v) is 5.69. The Hall–Kier alpha value is -2.67. The minimum Gasteiger partial charge on any atom is -0.465 e. The van der Waals surface area contributed by atoms with E-state index in [1.54, 1.807) is 24.0 Å². The summed E-state index contributed by atoms with van der Waals surface area (Å²) in [5.74, 6) is -1.08. The lowest BCUT2D eigenvalue weighted by molar-refractivity contribution is 0.0601. The first-order valence-corrected chi connectivity index (χ1v) is 9.95. The van der Waals surface area contributed by atoms with Crippen molar-refractivity contribution in [1.29, 1.82) is 0 Å². The van der Waals surface area contributed by atoms with Crippen LogP contribution < -0.4 is 5.32 Å². The maximum absolute atomic E-state index is 12.8. The zero-order valence-electron chi connectivity index (χ0n) is 17.1. The van der Waals surface area contributed by atoms with Crippen LogP contribution in [0.5, 0.6) is 0 Å². The summed E-state index contributed by atoms with van der Waals surface area (Å²) in [6, 6.07) is 5.54. The molecule has 0 fully saturated rings. The summed E-state index contributed by atoms with van der Waals surface area (Å²) >= 11 is 1.10. The van der Waals surface area contributed by atoms with Gasteiger partial charge in [-0.2, -0.15) is 0 Å². The molecule has 2 aromatic rings. The van der Waals surface area contributed by atoms with E-state index in [-0.39, 0.29) is 17.4 Å². The standard InChI is InChI=1S/C21H26N2O4S/c1-7-23(8-2)20(25)17-14(5)16(21(26)27-6)19(28-17)22-18(24)15-10-12(3)9-13(4)11-15/h9-11H,7-8H2,1-6H3,(H,22,24). The summed E-state index contributed by atoms with van der Waals surface area (Å²) in [4.78, 5) is 40.0. The van der Waals surface area contributed by atoms with E-state index in [0.717, 1.165) is 22.5 Å². The Morgan fingerprint density at radius 2 is 1.61 bits per heavy atom. The molecule has 1 heterocycles. The van der Waals surface area contributed by atoms with Crippen LogP contribution in [0.25, 0.3) is 0 Å². The molecule has 1 aromatic heterocycles. The van der Waals surface area contributed by atoms with Crippen molar-refractivity contribution in [2.45, 2.75) is 34.6 Å². The topological polar surface area (TPSA) is 75.7 Å². The van der Waals surface area contributed by atoms with E-state index in [4.69, 9.17) is 4.74 Å². The number of benzene rings is 1. The molecule has 0 bridgehead atoms. The van der Waals surface area contributed by atoms with Crippen LogP contribution in [-0.4, -0.2) is 42.9 Å². The predicted molar refractivity (Wildman–Crippen MR) is 112 cm³/mol. The van der Waals surface area contributed by atoms with Crippen molar-refractivity contribution < 1.29 is 19.1 Å². The predicted octanol–water partition coefficient (Wildman–Crippen LogP) is 4.19. The van der Waals surface area contributed by atoms with E-state index < -0.39 is 5.97 Å². The molecule has 0 aliphatic rings. The molecule has 150 valence electrons. The Labute approximate surface area is 169 Å². The number of anilines is 1. The lowest BCUT2D eigenvalue weighted by atomic mass is 10.1. The Kier molecular flexibility index (Phi) is 6.96. The van der Waals surface area contributed by atoms with Crippen LogP contribution in [0, 0.1) is 20.8 Å². The maximum Gasteiger partial charge on any atom is 0.341 e. The van der Waals surface area contributed by atoms with Gasteiger partial charge in [-0.05, 0) is 52.3 Å². The molecular weight excluding hydrogens is 376 g/mol. The van der Waals surface area contributed by atoms with Crippen molar-refractivity contribution in [3.8, 4) is 0 Å². The summed E-state index contributed by atoms with van der Waals surface area (Å²) in [7, 11) is 1.28. The van der Waals surface area contributed by atoms with Crippen LogP contribution in [0.3, 0.4) is 0 Å². The molecule has 0 saturated carbocycles. The lowest BCUT2D eigenvalue weighted by Crippen LogP contribution is -2.30. The highest BCUT2D eigenvalue weighted by Gasteiger charge is 2.28. The number of hydrogen-bond donors (Lipinski definition) is 1. The van der Waals surface area contributed by atoms with Gasteiger partial charge >= 0.3 is 5.97 Å². The van der Waals surface area contributed by atoms with Crippen LogP contribution >= 0.6 is 11.3 Å². The molecule has 2 rings (SSSR count). The third kappa shape index (κ3) is 4.42. The number of nitrogens with one attached hydrogen (secondary N) is 1. The molecule has 0 spiro atoms. The Morgan fingerprint density at radius 3 is 2.11 bits per heavy atom. The third-order valence-electron chi connectivity index (χ3n) is 4.49. The number of methoxy groups -OCH3 is 1. The van der Waals surface area contributed by atoms with E-state index in [1.807, 2.05) is 33.8 Å². The maximum atomic E-state index is 12.8. The number of rotatable bonds is 6. The first-order valence-electron chi connectivity index (χ1n) is 9.14. The molecule has 1 N–H and O–H groups in total. The molecule has 7 heteroatoms. The summed E-state index contributed by atoms with van der Waals surface area (Å²) in [6.07, 6.45) is 0. The van der Waals surface area contributed by atoms with Crippen LogP contribution in [-0.2, 0) is 4.74 Å². The van der Waals surface area contributed by atoms with Crippen LogP contribution in [0.15, 0.2) is 18.2 Å². The van der Waals surface area contributed by atoms with Crippen LogP contribution in [0.4, 0.5) is 5.00 Å². The normalized spacial score (nSPS) is 10.5. The van der Waals surface area contributed by atoms with Gasteiger partial charge in [0.15, 0.2) is 0 Å². The first kappa shape index (κ1) is 21.6. The number of carbonyl (C=O) groups is 3. The van der Waals surface area contributed by atoms with Crippen LogP contribution in [0.1, 0.15) is 60.9 Å². The number of thiophene rings is 1. The second-order valence-electron chi connectivity index (χ2n) is 6.56. The summed E-state index contributed by atoms with van der Waals surface area (Å²) in [6.45, 7) is 10.4. The van der Waals surface area contributed by atoms with Crippen molar-refractivity contribution in [2.75, 3.05) is 25.5 Å². The van der Waals surface area contributed by atoms with E-state index in [2.05, 4.69) is 5.32 Å². The number of amides is 2. The fraction of sp³-hybridized carbons (Fsp3) is 0.381. The number of esters is 1. The fourth-order valence-electron chi connectivity index (χ4n) is 3.09. The molecule has 0 radical (unpaired) electrons. The van der Waals surface area contributed by atoms with E-state index in [9.17, 15) is 14.4 Å². The molecule has 28 heavy (non-hydrogen) atoms. The number of aryl methyl sites for hydroxylation is 2. The van der Waals surface area contributed by atoms with Gasteiger partial charge in [-0.15, -0.1) is 11.3 Å². The molecule has 2 amide bonds. The largest absolute Gasteiger partial charge is 0.465 e. The number of ether oxygens (including phenoxy) is 1. The number of carbonyl (C=O) groups excluding carboxylic acids is 3. The molecule has 0 saturated heterocycles. The minimum atomic E-state index is -0.580. The molecular formula is C21H26N2O4S. The van der Waals surface area contributed by atoms with E-state index in [0.29, 0.717) is 34.1 Å². The smallest absolute Gasteiger partial charge is 0.341 e. The van der Waals surface area contributed by atoms with Crippen molar-refractivity contribution in [3.63, 3.8) is 0 Å². The quantitative estimate of drug-likeness (QED) is 0.735. The Morgan fingerprint density at radius 1 is 1.04 bits per heavy atom. The summed E-state index contributed by atoms with van der Waals surface area (Å²) in [5.41, 5.74) is 3.18. The van der Waals surface area contributed by atoms with Gasteiger partial charge in [0.2, 0.25) is 0 Å². The average Bonchev–Trinajstić information content (AvgIpc) is 2.97. The van der Waals surface area contributed by atoms with Gasteiger partial charge < -0.3 is 15.0 Å². The minimum absolute atomic E-state index is 0.162. The molecule has 0 atom stereocenters. The van der Waals surface area contributed by atoms with E-state index in [1.165, 1.54) is 7.11 Å². The number of hydrogen-bond acceptors (Lipinski definition) is 5. The second-order valence-corrected chi connectivity index (χ2v) is 7.58. The highest BCUT2D eigenvalue weighted by atomic mass is 32.1. The van der Waals surface area contributed by atoms with Gasteiger partial charge in [0.05, 0.1) is 17.6 Å². The zero-order chi connectivity index (χ0) is 21.0. The SMILES string of the molecule is CCN(CC)C(=O)c1sc(NC(=O)c2cc(C)cc(C)c2)c(C(=O)OC)c1C. The van der Waals surface area contributed by atoms with Gasteiger partial charge in [-0.25, -0.2) is 4.79 Å². The van der Waals surface area contributed by atoms with Gasteiger partial charge in [0.1, 0.15) is 5.00 Å². The van der Waals surface area contributed by atoms with E-state index >= 15 is 0 Å². The molecule has 0 aliphatic carbocycles. The molecule has 1 aromatic carbocycles. The van der Waals surface area contributed by atoms with Crippen molar-refractivity contribution in [1.82, 2.24) is 4.90 Å². The van der Waals surface area contributed by atoms with Crippen molar-refractivity contribution in [3.05, 3.63) is 50.9 Å². The zero-order valence-corrected chi connectivity index (χ0v) is 18.0. The Balaban J connectivity index is 2.47. The van der Waals surface area contributed by atoms with Gasteiger partial charge in [0.25, 0.3) is 11.8 Å². The Bertz CT molecular complexity index is 893. The average molecular weight is 403 g/mol. The molecule has 0 unspecified atom stereocenters. The molecule has 6 nitrogen and oxygen atoms in total. The highest BCUT2D eigenvalue weighted by Crippen LogP contribution is 2.35. The van der Waals surface area contributed by atoms with Crippen molar-refractivity contribution in [2.24, 2.45) is 0 Å². The molecule has 0 aliphatic heterocycles. The van der Waals surface area contributed by atoms with Gasteiger partial charge in [-0.1, -0.05) is 17.2 Å². The summed E-state index contributed by atoms with van der Waals surface area (Å²) in [5, 5.41) is 3.12. The van der Waals surface area contributed by atoms with Crippen LogP contribution in [0.2, 0.25) is 0 Å². The summed E-state index contributed by atoms with van der Waals surface area (Å²) < 4.78 is 4.88. The monoisotopic (exact) mass is 402 g/mol. The van der Waals surface area contributed by atoms with Gasteiger partial charge in [-0.3, -0.25) is 9.59 Å². The number of nitrogens with zero attached hydrogens (tertiary/aromatic N) is 1. The second kappa shape index (κ2) is 9.01. The fourth-order valence-corrected chi connectivity index (χ4v) is 4.25. The highest BCUT2D eigenvalue weighted by molar-refractivity contribution is 7.18. The van der Waals surface area contributed by atoms with Gasteiger partial charge in [0, 0.05) is 18.7 Å². The van der Waals surface area contributed by atoms with Crippen molar-refractivity contribution >= 4 is 34.1 Å². The lowest BCUT2D eigenvalue weighted by Gasteiger charge is -2.17.